The van der Waals surface area contributed by atoms with Gasteiger partial charge in [0.15, 0.2) is 0 Å². The SMILES string of the molecule is [CH]=CCCCCBr. The molecule has 0 aromatic carbocycles. The molecule has 0 nitrogen and oxygen atoms in total. The van der Waals surface area contributed by atoms with Crippen LogP contribution in [0.2, 0.25) is 0 Å². The van der Waals surface area contributed by atoms with E-state index in [1.54, 1.807) is 6.08 Å². The highest BCUT2D eigenvalue weighted by molar-refractivity contribution is 9.09. The first kappa shape index (κ1) is 7.22. The Morgan fingerprint density at radius 2 is 2.14 bits per heavy atom. The fraction of sp³-hybridized carbons (Fsp3) is 0.667. The molecule has 0 heterocycles. The lowest BCUT2D eigenvalue weighted by Crippen LogP contribution is -1.71. The summed E-state index contributed by atoms with van der Waals surface area (Å²) in [7, 11) is 0. The third kappa shape index (κ3) is 6.22. The van der Waals surface area contributed by atoms with Crippen LogP contribution in [0.5, 0.6) is 0 Å². The van der Waals surface area contributed by atoms with Crippen LogP contribution in [-0.4, -0.2) is 5.33 Å². The van der Waals surface area contributed by atoms with E-state index in [0.717, 1.165) is 11.8 Å². The molecule has 1 heteroatoms. The zero-order chi connectivity index (χ0) is 5.54. The molecule has 1 radical (unpaired) electrons. The molecule has 0 aromatic rings. The highest BCUT2D eigenvalue weighted by Gasteiger charge is 1.78. The van der Waals surface area contributed by atoms with Crippen LogP contribution in [0.1, 0.15) is 19.3 Å². The standard InChI is InChI=1S/C6H10Br/c1-2-3-4-5-6-7/h1-2H,3-6H2. The molecular formula is C6H10Br. The van der Waals surface area contributed by atoms with Crippen LogP contribution >= 0.6 is 15.9 Å². The van der Waals surface area contributed by atoms with Crippen LogP contribution in [0, 0.1) is 6.58 Å². The average Bonchev–Trinajstić information content (AvgIpc) is 1.69. The number of allylic oxidation sites excluding steroid dienone is 1. The minimum Gasteiger partial charge on any atom is -0.0928 e. The number of alkyl halides is 1. The molecule has 0 saturated carbocycles. The van der Waals surface area contributed by atoms with Gasteiger partial charge in [0.25, 0.3) is 0 Å². The zero-order valence-electron chi connectivity index (χ0n) is 4.36. The van der Waals surface area contributed by atoms with Crippen molar-refractivity contribution in [1.82, 2.24) is 0 Å². The Kier molecular flexibility index (Phi) is 6.42. The lowest BCUT2D eigenvalue weighted by Gasteiger charge is -1.86. The number of hydrogen-bond donors (Lipinski definition) is 0. The number of rotatable bonds is 4. The minimum absolute atomic E-state index is 1.05. The maximum absolute atomic E-state index is 5.13. The average molecular weight is 162 g/mol. The minimum atomic E-state index is 1.05. The summed E-state index contributed by atoms with van der Waals surface area (Å²) in [5.74, 6) is 0. The lowest BCUT2D eigenvalue weighted by molar-refractivity contribution is 0.827. The van der Waals surface area contributed by atoms with Crippen LogP contribution in [0.3, 0.4) is 0 Å². The van der Waals surface area contributed by atoms with Gasteiger partial charge < -0.3 is 0 Å². The first-order valence-corrected chi connectivity index (χ1v) is 3.63. The highest BCUT2D eigenvalue weighted by Crippen LogP contribution is 1.97. The summed E-state index contributed by atoms with van der Waals surface area (Å²) in [6, 6.07) is 0. The molecule has 0 unspecified atom stereocenters. The quantitative estimate of drug-likeness (QED) is 0.440. The molecule has 0 amide bonds. The first-order chi connectivity index (χ1) is 3.41. The largest absolute Gasteiger partial charge is 0.0928 e. The van der Waals surface area contributed by atoms with E-state index in [1.807, 2.05) is 0 Å². The summed E-state index contributed by atoms with van der Waals surface area (Å²) in [5, 5.41) is 1.10. The van der Waals surface area contributed by atoms with E-state index in [9.17, 15) is 0 Å². The molecule has 7 heavy (non-hydrogen) atoms. The predicted molar refractivity (Wildman–Crippen MR) is 36.5 cm³/mol. The van der Waals surface area contributed by atoms with Gasteiger partial charge in [0.05, 0.1) is 0 Å². The van der Waals surface area contributed by atoms with Crippen molar-refractivity contribution in [3.05, 3.63) is 12.7 Å². The van der Waals surface area contributed by atoms with Crippen molar-refractivity contribution in [2.45, 2.75) is 19.3 Å². The van der Waals surface area contributed by atoms with E-state index < -0.39 is 0 Å². The number of halogens is 1. The normalized spacial score (nSPS) is 8.71. The van der Waals surface area contributed by atoms with E-state index in [4.69, 9.17) is 6.58 Å². The predicted octanol–water partition coefficient (Wildman–Crippen LogP) is 2.54. The Morgan fingerprint density at radius 3 is 2.57 bits per heavy atom. The summed E-state index contributed by atoms with van der Waals surface area (Å²) in [6.07, 6.45) is 5.20. The molecule has 0 aromatic heterocycles. The van der Waals surface area contributed by atoms with E-state index in [0.29, 0.717) is 0 Å². The monoisotopic (exact) mass is 161 g/mol. The molecular weight excluding hydrogens is 152 g/mol. The van der Waals surface area contributed by atoms with Gasteiger partial charge in [0.1, 0.15) is 0 Å². The number of unbranched alkanes of at least 4 members (excludes halogenated alkanes) is 2. The summed E-state index contributed by atoms with van der Waals surface area (Å²) in [6.45, 7) is 5.13. The van der Waals surface area contributed by atoms with Gasteiger partial charge in [0.2, 0.25) is 0 Å². The molecule has 0 spiro atoms. The fourth-order valence-corrected chi connectivity index (χ4v) is 0.753. The van der Waals surface area contributed by atoms with Gasteiger partial charge in [0, 0.05) is 5.33 Å². The van der Waals surface area contributed by atoms with Crippen LogP contribution in [0.25, 0.3) is 0 Å². The molecule has 0 N–H and O–H groups in total. The van der Waals surface area contributed by atoms with Crippen LogP contribution in [0.4, 0.5) is 0 Å². The summed E-state index contributed by atoms with van der Waals surface area (Å²) in [4.78, 5) is 0. The Labute approximate surface area is 53.7 Å². The Morgan fingerprint density at radius 1 is 1.43 bits per heavy atom. The van der Waals surface area contributed by atoms with Crippen LogP contribution < -0.4 is 0 Å². The molecule has 0 rings (SSSR count). The summed E-state index contributed by atoms with van der Waals surface area (Å²) in [5.41, 5.74) is 0. The van der Waals surface area contributed by atoms with Gasteiger partial charge >= 0.3 is 0 Å². The van der Waals surface area contributed by atoms with E-state index in [1.165, 1.54) is 12.8 Å². The van der Waals surface area contributed by atoms with Crippen molar-refractivity contribution in [2.24, 2.45) is 0 Å². The zero-order valence-corrected chi connectivity index (χ0v) is 5.95. The van der Waals surface area contributed by atoms with Gasteiger partial charge in [-0.2, -0.15) is 0 Å². The van der Waals surface area contributed by atoms with Gasteiger partial charge in [-0.15, -0.1) is 0 Å². The second-order valence-corrected chi connectivity index (χ2v) is 2.21. The maximum Gasteiger partial charge on any atom is 0.00314 e. The van der Waals surface area contributed by atoms with Gasteiger partial charge in [-0.3, -0.25) is 0 Å². The van der Waals surface area contributed by atoms with Crippen molar-refractivity contribution in [2.75, 3.05) is 5.33 Å². The summed E-state index contributed by atoms with van der Waals surface area (Å²) >= 11 is 3.32. The Balaban J connectivity index is 2.56. The second kappa shape index (κ2) is 6.22. The van der Waals surface area contributed by atoms with Crippen molar-refractivity contribution in [1.29, 1.82) is 0 Å². The molecule has 0 bridgehead atoms. The molecule has 0 saturated heterocycles. The third-order valence-corrected chi connectivity index (χ3v) is 1.32. The summed E-state index contributed by atoms with van der Waals surface area (Å²) < 4.78 is 0. The van der Waals surface area contributed by atoms with Gasteiger partial charge in [-0.1, -0.05) is 28.6 Å². The molecule has 0 atom stereocenters. The van der Waals surface area contributed by atoms with E-state index in [2.05, 4.69) is 15.9 Å². The highest BCUT2D eigenvalue weighted by atomic mass is 79.9. The Bertz CT molecular complexity index is 41.4. The van der Waals surface area contributed by atoms with E-state index in [-0.39, 0.29) is 0 Å². The first-order valence-electron chi connectivity index (χ1n) is 2.51. The van der Waals surface area contributed by atoms with Crippen molar-refractivity contribution < 1.29 is 0 Å². The van der Waals surface area contributed by atoms with Crippen molar-refractivity contribution >= 4 is 15.9 Å². The molecule has 41 valence electrons. The molecule has 0 fully saturated rings. The lowest BCUT2D eigenvalue weighted by atomic mass is 10.2. The van der Waals surface area contributed by atoms with Crippen molar-refractivity contribution in [3.63, 3.8) is 0 Å². The second-order valence-electron chi connectivity index (χ2n) is 1.42. The molecule has 0 aliphatic heterocycles. The number of hydrogen-bond acceptors (Lipinski definition) is 0. The third-order valence-electron chi connectivity index (χ3n) is 0.754. The van der Waals surface area contributed by atoms with Gasteiger partial charge in [-0.25, -0.2) is 0 Å². The fourth-order valence-electron chi connectivity index (χ4n) is 0.357. The maximum atomic E-state index is 5.13. The van der Waals surface area contributed by atoms with E-state index >= 15 is 0 Å². The molecule has 0 aliphatic carbocycles. The smallest absolute Gasteiger partial charge is 0.00314 e. The topological polar surface area (TPSA) is 0 Å². The van der Waals surface area contributed by atoms with Crippen LogP contribution in [-0.2, 0) is 0 Å². The van der Waals surface area contributed by atoms with Crippen molar-refractivity contribution in [3.8, 4) is 0 Å². The molecule has 0 aliphatic rings. The van der Waals surface area contributed by atoms with Crippen LogP contribution in [0.15, 0.2) is 6.08 Å². The Hall–Kier alpha value is 0.220. The van der Waals surface area contributed by atoms with Gasteiger partial charge in [-0.05, 0) is 19.3 Å².